The molecule has 0 bridgehead atoms. The van der Waals surface area contributed by atoms with E-state index >= 15 is 0 Å². The Morgan fingerprint density at radius 1 is 1.56 bits per heavy atom. The minimum atomic E-state index is -0.313. The molecule has 1 aromatic heterocycles. The van der Waals surface area contributed by atoms with E-state index in [0.717, 1.165) is 19.4 Å². The summed E-state index contributed by atoms with van der Waals surface area (Å²) in [7, 11) is 0. The summed E-state index contributed by atoms with van der Waals surface area (Å²) in [5, 5.41) is 4.38. The zero-order valence-corrected chi connectivity index (χ0v) is 11.7. The third-order valence-corrected chi connectivity index (χ3v) is 3.56. The van der Waals surface area contributed by atoms with Gasteiger partial charge in [-0.15, -0.1) is 0 Å². The second-order valence-corrected chi connectivity index (χ2v) is 5.96. The molecule has 2 rings (SSSR count). The normalized spacial score (nSPS) is 19.4. The lowest BCUT2D eigenvalue weighted by molar-refractivity contribution is 0.0518. The average Bonchev–Trinajstić information content (AvgIpc) is 2.71. The van der Waals surface area contributed by atoms with Gasteiger partial charge in [-0.3, -0.25) is 4.68 Å². The molecule has 1 atom stereocenters. The molecule has 4 heteroatoms. The van der Waals surface area contributed by atoms with Gasteiger partial charge in [-0.1, -0.05) is 20.8 Å². The van der Waals surface area contributed by atoms with Crippen LogP contribution in [0, 0.1) is 5.41 Å². The first-order valence-electron chi connectivity index (χ1n) is 6.68. The summed E-state index contributed by atoms with van der Waals surface area (Å²) in [6.07, 6.45) is 2.29. The predicted octanol–water partition coefficient (Wildman–Crippen LogP) is 2.98. The number of aromatic nitrogens is 2. The van der Waals surface area contributed by atoms with Crippen molar-refractivity contribution in [3.63, 3.8) is 0 Å². The molecule has 0 spiro atoms. The van der Waals surface area contributed by atoms with Crippen molar-refractivity contribution in [1.29, 1.82) is 0 Å². The Labute approximate surface area is 108 Å². The molecule has 1 aliphatic heterocycles. The first kappa shape index (κ1) is 13.1. The smallest absolute Gasteiger partial charge is 0.358 e. The maximum absolute atomic E-state index is 11.7. The zero-order valence-electron chi connectivity index (χ0n) is 11.7. The number of ether oxygens (including phenoxy) is 1. The van der Waals surface area contributed by atoms with Gasteiger partial charge in [-0.05, 0) is 31.2 Å². The van der Waals surface area contributed by atoms with Gasteiger partial charge < -0.3 is 4.74 Å². The van der Waals surface area contributed by atoms with E-state index in [1.54, 1.807) is 0 Å². The van der Waals surface area contributed by atoms with E-state index in [2.05, 4.69) is 25.9 Å². The summed E-state index contributed by atoms with van der Waals surface area (Å²) in [4.78, 5) is 11.7. The highest BCUT2D eigenvalue weighted by Crippen LogP contribution is 2.41. The third-order valence-electron chi connectivity index (χ3n) is 3.56. The fourth-order valence-corrected chi connectivity index (χ4v) is 2.67. The Kier molecular flexibility index (Phi) is 3.46. The van der Waals surface area contributed by atoms with Crippen molar-refractivity contribution >= 4 is 5.97 Å². The highest BCUT2D eigenvalue weighted by molar-refractivity contribution is 5.87. The number of aryl methyl sites for hydroxylation is 1. The van der Waals surface area contributed by atoms with E-state index in [0.29, 0.717) is 18.2 Å². The monoisotopic (exact) mass is 250 g/mol. The van der Waals surface area contributed by atoms with Crippen molar-refractivity contribution in [3.8, 4) is 0 Å². The summed E-state index contributed by atoms with van der Waals surface area (Å²) in [5.74, 6) is 0.147. The molecular formula is C14H22N2O2. The number of esters is 1. The van der Waals surface area contributed by atoms with Gasteiger partial charge in [-0.2, -0.15) is 5.10 Å². The predicted molar refractivity (Wildman–Crippen MR) is 69.6 cm³/mol. The lowest BCUT2D eigenvalue weighted by atomic mass is 9.75. The molecule has 0 aromatic carbocycles. The second kappa shape index (κ2) is 4.75. The van der Waals surface area contributed by atoms with Crippen LogP contribution in [0.25, 0.3) is 0 Å². The Balaban J connectivity index is 2.32. The van der Waals surface area contributed by atoms with Gasteiger partial charge in [0.15, 0.2) is 5.69 Å². The van der Waals surface area contributed by atoms with Gasteiger partial charge >= 0.3 is 5.97 Å². The van der Waals surface area contributed by atoms with Crippen molar-refractivity contribution in [2.75, 3.05) is 6.61 Å². The molecule has 0 fully saturated rings. The molecule has 0 aliphatic carbocycles. The maximum Gasteiger partial charge on any atom is 0.358 e. The van der Waals surface area contributed by atoms with Crippen LogP contribution in [-0.4, -0.2) is 22.4 Å². The zero-order chi connectivity index (χ0) is 13.3. The summed E-state index contributed by atoms with van der Waals surface area (Å²) in [6.45, 7) is 9.83. The molecule has 1 unspecified atom stereocenters. The maximum atomic E-state index is 11.7. The van der Waals surface area contributed by atoms with Crippen molar-refractivity contribution < 1.29 is 9.53 Å². The van der Waals surface area contributed by atoms with E-state index in [1.165, 1.54) is 5.69 Å². The molecule has 18 heavy (non-hydrogen) atoms. The molecule has 2 heterocycles. The molecule has 1 aromatic rings. The Hall–Kier alpha value is -1.32. The van der Waals surface area contributed by atoms with E-state index in [9.17, 15) is 4.79 Å². The Bertz CT molecular complexity index is 443. The number of fused-ring (bicyclic) bond motifs is 1. The van der Waals surface area contributed by atoms with Crippen LogP contribution in [0.2, 0.25) is 0 Å². The number of hydrogen-bond donors (Lipinski definition) is 0. The minimum Gasteiger partial charge on any atom is -0.461 e. The molecule has 0 N–H and O–H groups in total. The highest BCUT2D eigenvalue weighted by atomic mass is 16.5. The van der Waals surface area contributed by atoms with Gasteiger partial charge in [0, 0.05) is 18.2 Å². The fraction of sp³-hybridized carbons (Fsp3) is 0.714. The van der Waals surface area contributed by atoms with Crippen LogP contribution in [0.3, 0.4) is 0 Å². The van der Waals surface area contributed by atoms with Crippen molar-refractivity contribution in [2.24, 2.45) is 5.41 Å². The van der Waals surface area contributed by atoms with Gasteiger partial charge in [0.2, 0.25) is 0 Å². The van der Waals surface area contributed by atoms with E-state index in [-0.39, 0.29) is 11.4 Å². The van der Waals surface area contributed by atoms with Gasteiger partial charge in [0.05, 0.1) is 6.61 Å². The molecular weight excluding hydrogens is 228 g/mol. The first-order chi connectivity index (χ1) is 8.43. The van der Waals surface area contributed by atoms with Crippen LogP contribution >= 0.6 is 0 Å². The third kappa shape index (κ3) is 2.42. The fourth-order valence-electron chi connectivity index (χ4n) is 2.67. The Morgan fingerprint density at radius 3 is 2.89 bits per heavy atom. The highest BCUT2D eigenvalue weighted by Gasteiger charge is 2.32. The second-order valence-electron chi connectivity index (χ2n) is 5.96. The average molecular weight is 250 g/mol. The van der Waals surface area contributed by atoms with Crippen LogP contribution in [0.4, 0.5) is 0 Å². The lowest BCUT2D eigenvalue weighted by Crippen LogP contribution is -2.26. The minimum absolute atomic E-state index is 0.199. The summed E-state index contributed by atoms with van der Waals surface area (Å²) in [5.41, 5.74) is 1.82. The number of carbonyl (C=O) groups is 1. The van der Waals surface area contributed by atoms with Gasteiger partial charge in [-0.25, -0.2) is 4.79 Å². The van der Waals surface area contributed by atoms with Crippen LogP contribution in [0.1, 0.15) is 62.6 Å². The van der Waals surface area contributed by atoms with Gasteiger partial charge in [0.25, 0.3) is 0 Å². The van der Waals surface area contributed by atoms with Crippen molar-refractivity contribution in [1.82, 2.24) is 9.78 Å². The van der Waals surface area contributed by atoms with Crippen LogP contribution < -0.4 is 0 Å². The topological polar surface area (TPSA) is 44.1 Å². The van der Waals surface area contributed by atoms with E-state index < -0.39 is 0 Å². The number of nitrogens with zero attached hydrogens (tertiary/aromatic N) is 2. The molecule has 0 radical (unpaired) electrons. The van der Waals surface area contributed by atoms with Crippen LogP contribution in [-0.2, 0) is 11.3 Å². The summed E-state index contributed by atoms with van der Waals surface area (Å²) >= 11 is 0. The van der Waals surface area contributed by atoms with E-state index in [4.69, 9.17) is 4.74 Å². The number of carbonyl (C=O) groups excluding carboxylic acids is 1. The molecule has 1 aliphatic rings. The standard InChI is InChI=1S/C14H22N2O2/c1-5-18-13(17)11-9-12-10(14(2,3)4)7-6-8-16(12)15-11/h9-10H,5-8H2,1-4H3. The van der Waals surface area contributed by atoms with Crippen molar-refractivity contribution in [3.05, 3.63) is 17.5 Å². The van der Waals surface area contributed by atoms with Crippen LogP contribution in [0.5, 0.6) is 0 Å². The van der Waals surface area contributed by atoms with E-state index in [1.807, 2.05) is 17.7 Å². The Morgan fingerprint density at radius 2 is 2.28 bits per heavy atom. The molecule has 0 saturated carbocycles. The number of rotatable bonds is 2. The van der Waals surface area contributed by atoms with Gasteiger partial charge in [0.1, 0.15) is 0 Å². The largest absolute Gasteiger partial charge is 0.461 e. The van der Waals surface area contributed by atoms with Crippen molar-refractivity contribution in [2.45, 2.75) is 53.0 Å². The molecule has 100 valence electrons. The van der Waals surface area contributed by atoms with Crippen LogP contribution in [0.15, 0.2) is 6.07 Å². The summed E-state index contributed by atoms with van der Waals surface area (Å²) < 4.78 is 6.99. The lowest BCUT2D eigenvalue weighted by Gasteiger charge is -2.34. The molecule has 0 saturated heterocycles. The first-order valence-corrected chi connectivity index (χ1v) is 6.68. The molecule has 0 amide bonds. The summed E-state index contributed by atoms with van der Waals surface area (Å²) in [6, 6.07) is 1.91. The quantitative estimate of drug-likeness (QED) is 0.758. The number of hydrogen-bond acceptors (Lipinski definition) is 3. The molecule has 4 nitrogen and oxygen atoms in total. The SMILES string of the molecule is CCOC(=O)c1cc2n(n1)CCCC2C(C)(C)C.